The van der Waals surface area contributed by atoms with Gasteiger partial charge in [0.05, 0.1) is 12.2 Å². The number of aliphatic hydroxyl groups excluding tert-OH is 4. The van der Waals surface area contributed by atoms with Crippen molar-refractivity contribution >= 4 is 23.1 Å². The van der Waals surface area contributed by atoms with Crippen LogP contribution in [0, 0.1) is 68.5 Å². The van der Waals surface area contributed by atoms with Gasteiger partial charge in [-0.1, -0.05) is 38.8 Å². The molecule has 0 heterocycles. The Morgan fingerprint density at radius 3 is 2.20 bits per heavy atom. The predicted molar refractivity (Wildman–Crippen MR) is 187 cm³/mol. The van der Waals surface area contributed by atoms with Gasteiger partial charge in [-0.15, -0.1) is 0 Å². The minimum absolute atomic E-state index is 0.0224. The maximum Gasteiger partial charge on any atom is 0.190 e. The smallest absolute Gasteiger partial charge is 0.190 e. The molecule has 0 saturated heterocycles. The first kappa shape index (κ1) is 36.0. The summed E-state index contributed by atoms with van der Waals surface area (Å²) in [5, 5.41) is 57.7. The number of allylic oxidation sites excluding steroid dienone is 2. The van der Waals surface area contributed by atoms with Gasteiger partial charge in [0.15, 0.2) is 23.1 Å². The number of hydrogen-bond donors (Lipinski definition) is 5. The van der Waals surface area contributed by atoms with Crippen LogP contribution in [0.3, 0.4) is 0 Å². The van der Waals surface area contributed by atoms with Crippen molar-refractivity contribution in [2.24, 2.45) is 68.5 Å². The lowest BCUT2D eigenvalue weighted by Gasteiger charge is -2.74. The molecule has 280 valence electrons. The van der Waals surface area contributed by atoms with E-state index in [0.29, 0.717) is 51.4 Å². The third kappa shape index (κ3) is 4.22. The SMILES string of the molecule is C[C@]12C[C@H](O)[C@H]3[C@@H](CCC4=CC(=O)CC([C@]56[C@@H](O)C[C@@]7(C)[C@@H](CC[C@]7(O)C(=O)CO)[C@@H]5CCC5=CC(=O)CC[C@@]56C)[C@@]43C)[C@@H]1CC[C@@H]2C(=O)CO. The lowest BCUT2D eigenvalue weighted by Crippen LogP contribution is -2.73. The normalized spacial score (nSPS) is 53.1. The number of hydrogen-bond acceptors (Lipinski definition) is 9. The van der Waals surface area contributed by atoms with Gasteiger partial charge in [0, 0.05) is 29.6 Å². The van der Waals surface area contributed by atoms with Crippen molar-refractivity contribution < 1.29 is 44.7 Å². The number of aliphatic hydroxyl groups is 5. The highest BCUT2D eigenvalue weighted by molar-refractivity contribution is 5.93. The number of carbonyl (C=O) groups is 4. The van der Waals surface area contributed by atoms with Crippen molar-refractivity contribution in [3.8, 4) is 0 Å². The Kier molecular flexibility index (Phi) is 8.10. The fourth-order valence-corrected chi connectivity index (χ4v) is 16.2. The summed E-state index contributed by atoms with van der Waals surface area (Å²) in [6.07, 6.45) is 8.60. The molecule has 6 saturated carbocycles. The first-order valence-corrected chi connectivity index (χ1v) is 19.8. The largest absolute Gasteiger partial charge is 0.393 e. The summed E-state index contributed by atoms with van der Waals surface area (Å²) in [6, 6.07) is 0. The molecule has 5 N–H and O–H groups in total. The predicted octanol–water partition coefficient (Wildman–Crippen LogP) is 4.06. The summed E-state index contributed by atoms with van der Waals surface area (Å²) in [6.45, 7) is 7.22. The molecule has 6 fully saturated rings. The van der Waals surface area contributed by atoms with Crippen molar-refractivity contribution in [1.29, 1.82) is 0 Å². The lowest BCUT2D eigenvalue weighted by atomic mass is 9.30. The van der Waals surface area contributed by atoms with E-state index in [9.17, 15) is 44.7 Å². The molecular formula is C42H58O9. The van der Waals surface area contributed by atoms with Crippen LogP contribution in [0.5, 0.6) is 0 Å². The summed E-state index contributed by atoms with van der Waals surface area (Å²) in [4.78, 5) is 53.5. The van der Waals surface area contributed by atoms with E-state index in [-0.39, 0.29) is 78.0 Å². The Morgan fingerprint density at radius 2 is 1.49 bits per heavy atom. The van der Waals surface area contributed by atoms with Crippen LogP contribution in [0.25, 0.3) is 0 Å². The molecule has 0 spiro atoms. The van der Waals surface area contributed by atoms with Gasteiger partial charge in [0.2, 0.25) is 0 Å². The Morgan fingerprint density at radius 1 is 0.784 bits per heavy atom. The number of ketones is 4. The molecule has 0 bridgehead atoms. The molecule has 9 nitrogen and oxygen atoms in total. The standard InChI is InChI=1S/C42H58O9/c1-37-18-31(47)36-26(27(37)9-10-30(37)32(48)20-43)7-5-23-16-25(46)17-33(40(23,36)4)42-29(8-6-22-15-24(45)11-13-38(22,42)2)28-12-14-41(51,35(50)21-44)39(28,3)19-34(42)49/h15-16,26-31,33-34,36,43-44,47,49,51H,5-14,17-21H2,1-4H3/t26-,27-,28-,29-,30+,31-,33?,34-,36+,37-,38-,39-,40+,41-,42-/m0/s1. The summed E-state index contributed by atoms with van der Waals surface area (Å²) in [5.74, 6) is -1.63. The fourth-order valence-electron chi connectivity index (χ4n) is 16.2. The zero-order chi connectivity index (χ0) is 36.7. The van der Waals surface area contributed by atoms with Crippen molar-refractivity contribution in [1.82, 2.24) is 0 Å². The van der Waals surface area contributed by atoms with E-state index in [4.69, 9.17) is 0 Å². The quantitative estimate of drug-likeness (QED) is 0.283. The lowest BCUT2D eigenvalue weighted by molar-refractivity contribution is -0.268. The summed E-state index contributed by atoms with van der Waals surface area (Å²) >= 11 is 0. The van der Waals surface area contributed by atoms with Crippen molar-refractivity contribution in [3.63, 3.8) is 0 Å². The second-order valence-corrected chi connectivity index (χ2v) is 19.3. The molecular weight excluding hydrogens is 648 g/mol. The van der Waals surface area contributed by atoms with Crippen molar-refractivity contribution in [2.45, 2.75) is 129 Å². The Balaban J connectivity index is 1.32. The molecule has 0 aliphatic heterocycles. The van der Waals surface area contributed by atoms with E-state index in [2.05, 4.69) is 20.8 Å². The van der Waals surface area contributed by atoms with Crippen LogP contribution < -0.4 is 0 Å². The molecule has 1 unspecified atom stereocenters. The van der Waals surface area contributed by atoms with E-state index in [0.717, 1.165) is 24.0 Å². The molecule has 9 heteroatoms. The molecule has 15 atom stereocenters. The van der Waals surface area contributed by atoms with Crippen LogP contribution in [0.1, 0.15) is 111 Å². The van der Waals surface area contributed by atoms with Gasteiger partial charge in [-0.3, -0.25) is 19.2 Å². The van der Waals surface area contributed by atoms with E-state index < -0.39 is 63.9 Å². The van der Waals surface area contributed by atoms with E-state index in [1.165, 1.54) is 0 Å². The minimum Gasteiger partial charge on any atom is -0.393 e. The second kappa shape index (κ2) is 11.5. The highest BCUT2D eigenvalue weighted by Crippen LogP contribution is 2.79. The number of carbonyl (C=O) groups excluding carboxylic acids is 4. The van der Waals surface area contributed by atoms with Gasteiger partial charge < -0.3 is 25.5 Å². The molecule has 8 aliphatic rings. The molecule has 0 amide bonds. The first-order chi connectivity index (χ1) is 24.0. The number of fused-ring (bicyclic) bond motifs is 10. The van der Waals surface area contributed by atoms with Gasteiger partial charge >= 0.3 is 0 Å². The van der Waals surface area contributed by atoms with Gasteiger partial charge in [-0.2, -0.15) is 0 Å². The maximum atomic E-state index is 14.1. The zero-order valence-corrected chi connectivity index (χ0v) is 30.8. The highest BCUT2D eigenvalue weighted by Gasteiger charge is 2.78. The van der Waals surface area contributed by atoms with Crippen LogP contribution in [0.4, 0.5) is 0 Å². The first-order valence-electron chi connectivity index (χ1n) is 19.8. The van der Waals surface area contributed by atoms with Crippen LogP contribution >= 0.6 is 0 Å². The van der Waals surface area contributed by atoms with Crippen LogP contribution in [-0.4, -0.2) is 79.7 Å². The Hall–Kier alpha value is -2.04. The van der Waals surface area contributed by atoms with Gasteiger partial charge in [0.1, 0.15) is 18.8 Å². The molecule has 51 heavy (non-hydrogen) atoms. The Labute approximate surface area is 301 Å². The number of Topliss-reactive ketones (excluding diaryl/α,β-unsaturated/α-hetero) is 2. The molecule has 0 aromatic heterocycles. The minimum atomic E-state index is -1.78. The van der Waals surface area contributed by atoms with Crippen molar-refractivity contribution in [2.75, 3.05) is 13.2 Å². The van der Waals surface area contributed by atoms with Crippen LogP contribution in [-0.2, 0) is 19.2 Å². The van der Waals surface area contributed by atoms with Gasteiger partial charge in [0.25, 0.3) is 0 Å². The van der Waals surface area contributed by atoms with E-state index >= 15 is 0 Å². The molecule has 0 aromatic rings. The Bertz CT molecular complexity index is 1630. The third-order valence-electron chi connectivity index (χ3n) is 18.2. The zero-order valence-electron chi connectivity index (χ0n) is 30.8. The van der Waals surface area contributed by atoms with Crippen molar-refractivity contribution in [3.05, 3.63) is 23.3 Å². The second-order valence-electron chi connectivity index (χ2n) is 19.3. The molecule has 8 rings (SSSR count). The number of rotatable bonds is 5. The summed E-state index contributed by atoms with van der Waals surface area (Å²) in [7, 11) is 0. The van der Waals surface area contributed by atoms with Gasteiger partial charge in [-0.25, -0.2) is 0 Å². The summed E-state index contributed by atoms with van der Waals surface area (Å²) < 4.78 is 0. The van der Waals surface area contributed by atoms with E-state index in [1.54, 1.807) is 6.08 Å². The third-order valence-corrected chi connectivity index (χ3v) is 18.2. The fraction of sp³-hybridized carbons (Fsp3) is 0.810. The molecule has 0 radical (unpaired) electrons. The summed E-state index contributed by atoms with van der Waals surface area (Å²) in [5.41, 5.74) is -3.35. The average molecular weight is 707 g/mol. The highest BCUT2D eigenvalue weighted by atomic mass is 16.3. The molecule has 0 aromatic carbocycles. The maximum absolute atomic E-state index is 14.1. The van der Waals surface area contributed by atoms with Gasteiger partial charge in [-0.05, 0) is 135 Å². The van der Waals surface area contributed by atoms with E-state index in [1.807, 2.05) is 13.0 Å². The topological polar surface area (TPSA) is 169 Å². The van der Waals surface area contributed by atoms with Crippen LogP contribution in [0.2, 0.25) is 0 Å². The van der Waals surface area contributed by atoms with Crippen LogP contribution in [0.15, 0.2) is 23.3 Å². The molecule has 8 aliphatic carbocycles. The average Bonchev–Trinajstić information content (AvgIpc) is 3.56. The monoisotopic (exact) mass is 706 g/mol.